The van der Waals surface area contributed by atoms with Gasteiger partial charge < -0.3 is 30.6 Å². The highest BCUT2D eigenvalue weighted by Crippen LogP contribution is 2.29. The van der Waals surface area contributed by atoms with Crippen LogP contribution >= 0.6 is 0 Å². The van der Waals surface area contributed by atoms with Crippen LogP contribution in [0, 0.1) is 54.8 Å². The van der Waals surface area contributed by atoms with Gasteiger partial charge >= 0.3 is 0 Å². The minimum atomic E-state index is -1.33. The topological polar surface area (TPSA) is 122 Å². The Morgan fingerprint density at radius 2 is 1.62 bits per heavy atom. The molecule has 0 bridgehead atoms. The molecule has 0 saturated heterocycles. The first-order valence-corrected chi connectivity index (χ1v) is 16.8. The summed E-state index contributed by atoms with van der Waals surface area (Å²) in [7, 11) is 3.68. The van der Waals surface area contributed by atoms with Gasteiger partial charge in [0.1, 0.15) is 18.1 Å². The van der Waals surface area contributed by atoms with E-state index in [0.29, 0.717) is 19.5 Å². The smallest absolute Gasteiger partial charge is 0.245 e. The van der Waals surface area contributed by atoms with E-state index in [1.165, 1.54) is 0 Å². The highest BCUT2D eigenvalue weighted by atomic mass is 16.3. The lowest BCUT2D eigenvalue weighted by Crippen LogP contribution is -2.57. The van der Waals surface area contributed by atoms with E-state index in [4.69, 9.17) is 19.3 Å². The van der Waals surface area contributed by atoms with E-state index in [-0.39, 0.29) is 37.5 Å². The summed E-state index contributed by atoms with van der Waals surface area (Å²) in [5.41, 5.74) is 0.858. The summed E-state index contributed by atoms with van der Waals surface area (Å²) < 4.78 is 0. The molecule has 0 spiro atoms. The predicted molar refractivity (Wildman–Crippen MR) is 185 cm³/mol. The standard InChI is InChI=1S/C38H54N4O5/c1-7-11-22-33(43)36(45)32(26-29-20-16-13-17-21-29)39-38(47)35(30(8-2)9-3)40-37(46)31(25-28-18-14-12-15-19-28)27-34(44)42(6)24-23-41(5)10-4/h1-3,12,14-15,18-19,29-33,35-36,43,45H,10-11,13,16-17,20-27H2,4-6H3,(H,39,47)(H,40,46)/t31?,32?,33?,35-,36+/m0/s1. The number of aliphatic hydroxyl groups is 2. The van der Waals surface area contributed by atoms with Gasteiger partial charge in [0.05, 0.1) is 18.1 Å². The van der Waals surface area contributed by atoms with Crippen molar-refractivity contribution < 1.29 is 24.6 Å². The number of nitrogens with zero attached hydrogens (tertiary/aromatic N) is 2. The third-order valence-electron chi connectivity index (χ3n) is 9.20. The van der Waals surface area contributed by atoms with E-state index in [1.54, 1.807) is 11.9 Å². The van der Waals surface area contributed by atoms with Gasteiger partial charge in [-0.3, -0.25) is 14.4 Å². The van der Waals surface area contributed by atoms with Gasteiger partial charge in [0, 0.05) is 33.0 Å². The van der Waals surface area contributed by atoms with Gasteiger partial charge in [-0.1, -0.05) is 81.2 Å². The second-order valence-corrected chi connectivity index (χ2v) is 12.8. The minimum Gasteiger partial charge on any atom is -0.390 e. The molecular formula is C38H54N4O5. The number of rotatable bonds is 19. The first kappa shape index (κ1) is 39.4. The van der Waals surface area contributed by atoms with Crippen LogP contribution in [0.15, 0.2) is 30.3 Å². The molecule has 2 rings (SSSR count). The lowest BCUT2D eigenvalue weighted by atomic mass is 9.82. The fourth-order valence-corrected chi connectivity index (χ4v) is 5.95. The lowest BCUT2D eigenvalue weighted by Gasteiger charge is -2.33. The van der Waals surface area contributed by atoms with Crippen molar-refractivity contribution >= 4 is 17.7 Å². The van der Waals surface area contributed by atoms with Crippen molar-refractivity contribution in [3.05, 3.63) is 35.9 Å². The molecule has 256 valence electrons. The van der Waals surface area contributed by atoms with Crippen LogP contribution in [-0.2, 0) is 20.8 Å². The Balaban J connectivity index is 2.31. The molecule has 1 fully saturated rings. The first-order valence-electron chi connectivity index (χ1n) is 16.8. The molecular weight excluding hydrogens is 592 g/mol. The summed E-state index contributed by atoms with van der Waals surface area (Å²) in [6, 6.07) is 7.20. The molecule has 3 unspecified atom stereocenters. The molecule has 0 radical (unpaired) electrons. The van der Waals surface area contributed by atoms with Crippen molar-refractivity contribution in [3.63, 3.8) is 0 Å². The number of hydrogen-bond acceptors (Lipinski definition) is 6. The third-order valence-corrected chi connectivity index (χ3v) is 9.20. The van der Waals surface area contributed by atoms with Gasteiger partial charge in [0.25, 0.3) is 0 Å². The molecule has 3 amide bonds. The van der Waals surface area contributed by atoms with Crippen molar-refractivity contribution in [2.45, 2.75) is 95.4 Å². The van der Waals surface area contributed by atoms with E-state index >= 15 is 0 Å². The number of carbonyl (C=O) groups is 3. The van der Waals surface area contributed by atoms with Crippen LogP contribution in [0.4, 0.5) is 0 Å². The molecule has 0 aromatic heterocycles. The molecule has 0 heterocycles. The van der Waals surface area contributed by atoms with Gasteiger partial charge in [-0.05, 0) is 44.3 Å². The summed E-state index contributed by atoms with van der Waals surface area (Å²) in [6.45, 7) is 4.07. The molecule has 1 aromatic carbocycles. The molecule has 47 heavy (non-hydrogen) atoms. The highest BCUT2D eigenvalue weighted by molar-refractivity contribution is 5.91. The fourth-order valence-electron chi connectivity index (χ4n) is 5.95. The Morgan fingerprint density at radius 3 is 2.21 bits per heavy atom. The number of terminal acetylenes is 3. The lowest BCUT2D eigenvalue weighted by molar-refractivity contribution is -0.137. The zero-order valence-corrected chi connectivity index (χ0v) is 28.4. The van der Waals surface area contributed by atoms with Gasteiger partial charge in [-0.2, -0.15) is 0 Å². The van der Waals surface area contributed by atoms with E-state index in [1.807, 2.05) is 44.3 Å². The van der Waals surface area contributed by atoms with Crippen molar-refractivity contribution in [1.82, 2.24) is 20.4 Å². The van der Waals surface area contributed by atoms with Gasteiger partial charge in [0.2, 0.25) is 17.7 Å². The summed E-state index contributed by atoms with van der Waals surface area (Å²) in [5.74, 6) is 4.28. The SMILES string of the molecule is C#CCCC(O)[C@H](O)C(CC1CCCCC1)NC(=O)[C@@H](NC(=O)C(CC(=O)N(C)CCN(C)CC)Cc1ccccc1)C(C#C)C#C. The molecule has 4 N–H and O–H groups in total. The quantitative estimate of drug-likeness (QED) is 0.172. The molecule has 9 nitrogen and oxygen atoms in total. The molecule has 1 saturated carbocycles. The number of benzene rings is 1. The van der Waals surface area contributed by atoms with E-state index in [9.17, 15) is 24.6 Å². The molecule has 0 aliphatic heterocycles. The Bertz CT molecular complexity index is 1230. The average Bonchev–Trinajstić information content (AvgIpc) is 3.09. The Hall–Kier alpha value is -3.81. The van der Waals surface area contributed by atoms with Crippen LogP contribution < -0.4 is 10.6 Å². The number of aliphatic hydroxyl groups excluding tert-OH is 2. The maximum atomic E-state index is 13.9. The number of carbonyl (C=O) groups excluding carboxylic acids is 3. The van der Waals surface area contributed by atoms with E-state index in [2.05, 4.69) is 33.3 Å². The zero-order valence-electron chi connectivity index (χ0n) is 28.4. The number of hydrogen-bond donors (Lipinski definition) is 4. The minimum absolute atomic E-state index is 0.0808. The largest absolute Gasteiger partial charge is 0.390 e. The van der Waals surface area contributed by atoms with Gasteiger partial charge in [-0.25, -0.2) is 0 Å². The summed E-state index contributed by atoms with van der Waals surface area (Å²) >= 11 is 0. The van der Waals surface area contributed by atoms with Crippen molar-refractivity contribution in [3.8, 4) is 37.0 Å². The molecule has 9 heteroatoms. The van der Waals surface area contributed by atoms with E-state index in [0.717, 1.165) is 44.2 Å². The molecule has 1 aliphatic carbocycles. The summed E-state index contributed by atoms with van der Waals surface area (Å²) in [4.78, 5) is 44.8. The Morgan fingerprint density at radius 1 is 0.957 bits per heavy atom. The second kappa shape index (κ2) is 21.1. The van der Waals surface area contributed by atoms with Gasteiger partial charge in [-0.15, -0.1) is 25.2 Å². The first-order chi connectivity index (χ1) is 22.5. The number of amides is 3. The van der Waals surface area contributed by atoms with Crippen LogP contribution in [0.2, 0.25) is 0 Å². The molecule has 1 aromatic rings. The maximum Gasteiger partial charge on any atom is 0.245 e. The highest BCUT2D eigenvalue weighted by Gasteiger charge is 2.36. The predicted octanol–water partition coefficient (Wildman–Crippen LogP) is 2.60. The van der Waals surface area contributed by atoms with E-state index < -0.39 is 47.9 Å². The summed E-state index contributed by atoms with van der Waals surface area (Å²) in [6.07, 6.45) is 20.6. The number of nitrogens with one attached hydrogen (secondary N) is 2. The summed E-state index contributed by atoms with van der Waals surface area (Å²) in [5, 5.41) is 27.5. The normalized spacial score (nSPS) is 16.5. The average molecular weight is 647 g/mol. The second-order valence-electron chi connectivity index (χ2n) is 12.8. The van der Waals surface area contributed by atoms with Crippen LogP contribution in [0.1, 0.15) is 70.3 Å². The van der Waals surface area contributed by atoms with Crippen molar-refractivity contribution in [1.29, 1.82) is 0 Å². The van der Waals surface area contributed by atoms with Crippen LogP contribution in [0.25, 0.3) is 0 Å². The third kappa shape index (κ3) is 13.4. The van der Waals surface area contributed by atoms with Crippen molar-refractivity contribution in [2.75, 3.05) is 33.7 Å². The van der Waals surface area contributed by atoms with Crippen molar-refractivity contribution in [2.24, 2.45) is 17.8 Å². The van der Waals surface area contributed by atoms with Gasteiger partial charge in [0.15, 0.2) is 0 Å². The molecule has 5 atom stereocenters. The Kier molecular flexibility index (Phi) is 17.7. The molecule has 1 aliphatic rings. The van der Waals surface area contributed by atoms with Crippen LogP contribution in [0.3, 0.4) is 0 Å². The monoisotopic (exact) mass is 646 g/mol. The van der Waals surface area contributed by atoms with Crippen LogP contribution in [-0.4, -0.2) is 95.8 Å². The number of likely N-dealkylation sites (N-methyl/N-ethyl adjacent to an activating group) is 2. The fraction of sp³-hybridized carbons (Fsp3) is 0.605. The maximum absolute atomic E-state index is 13.9. The van der Waals surface area contributed by atoms with Crippen LogP contribution in [0.5, 0.6) is 0 Å². The zero-order chi connectivity index (χ0) is 34.8. The Labute approximate surface area is 282 Å².